The van der Waals surface area contributed by atoms with Crippen LogP contribution in [0.1, 0.15) is 5.82 Å². The molecule has 2 rings (SSSR count). The molecule has 0 saturated heterocycles. The number of aryl methyl sites for hydroxylation is 1. The average molecular weight is 251 g/mol. The van der Waals surface area contributed by atoms with E-state index in [2.05, 4.69) is 15.5 Å². The predicted molar refractivity (Wildman–Crippen MR) is 67.4 cm³/mol. The number of hydrogen-bond donors (Lipinski definition) is 1. The molecule has 0 bridgehead atoms. The van der Waals surface area contributed by atoms with Crippen LogP contribution in [0.3, 0.4) is 0 Å². The Labute approximate surface area is 109 Å². The molecule has 1 heterocycles. The zero-order valence-corrected chi connectivity index (χ0v) is 10.1. The van der Waals surface area contributed by atoms with Crippen molar-refractivity contribution in [3.63, 3.8) is 0 Å². The van der Waals surface area contributed by atoms with Gasteiger partial charge in [0.1, 0.15) is 17.7 Å². The molecule has 1 aromatic carbocycles. The third kappa shape index (κ3) is 2.76. The minimum absolute atomic E-state index is 0.0171. The maximum atomic E-state index is 8.67. The van der Waals surface area contributed by atoms with Crippen LogP contribution in [0.4, 0.5) is 5.69 Å². The van der Waals surface area contributed by atoms with Gasteiger partial charge in [-0.15, -0.1) is 0 Å². The van der Waals surface area contributed by atoms with Gasteiger partial charge in [-0.25, -0.2) is 0 Å². The van der Waals surface area contributed by atoms with Gasteiger partial charge in [-0.1, -0.05) is 17.3 Å². The lowest BCUT2D eigenvalue weighted by atomic mass is 10.1. The second-order valence-electron chi connectivity index (χ2n) is 3.62. The SMILES string of the molecule is Cc1noc(-c2ccccc2NC=C(C#N)C#N)n1. The first-order chi connectivity index (χ1) is 9.24. The van der Waals surface area contributed by atoms with E-state index >= 15 is 0 Å². The quantitative estimate of drug-likeness (QED) is 0.841. The Balaban J connectivity index is 2.36. The van der Waals surface area contributed by atoms with Crippen LogP contribution in [-0.4, -0.2) is 10.1 Å². The number of anilines is 1. The van der Waals surface area contributed by atoms with Gasteiger partial charge in [-0.05, 0) is 19.1 Å². The number of aromatic nitrogens is 2. The van der Waals surface area contributed by atoms with Crippen LogP contribution >= 0.6 is 0 Å². The van der Waals surface area contributed by atoms with Crippen molar-refractivity contribution < 1.29 is 4.52 Å². The molecular formula is C13H9N5O. The fourth-order valence-electron chi connectivity index (χ4n) is 1.44. The van der Waals surface area contributed by atoms with Gasteiger partial charge in [-0.3, -0.25) is 0 Å². The van der Waals surface area contributed by atoms with Crippen molar-refractivity contribution >= 4 is 5.69 Å². The molecule has 0 fully saturated rings. The van der Waals surface area contributed by atoms with E-state index < -0.39 is 0 Å². The van der Waals surface area contributed by atoms with Gasteiger partial charge in [0.15, 0.2) is 5.82 Å². The summed E-state index contributed by atoms with van der Waals surface area (Å²) in [5.41, 5.74) is 1.36. The molecule has 1 N–H and O–H groups in total. The maximum Gasteiger partial charge on any atom is 0.260 e. The highest BCUT2D eigenvalue weighted by atomic mass is 16.5. The number of allylic oxidation sites excluding steroid dienone is 1. The van der Waals surface area contributed by atoms with Crippen molar-refractivity contribution in [2.24, 2.45) is 0 Å². The van der Waals surface area contributed by atoms with Crippen LogP contribution in [-0.2, 0) is 0 Å². The Bertz CT molecular complexity index is 686. The highest BCUT2D eigenvalue weighted by Gasteiger charge is 2.10. The Kier molecular flexibility index (Phi) is 3.56. The number of benzene rings is 1. The summed E-state index contributed by atoms with van der Waals surface area (Å²) in [6.07, 6.45) is 1.34. The molecule has 6 nitrogen and oxygen atoms in total. The normalized spacial score (nSPS) is 9.21. The molecule has 0 amide bonds. The van der Waals surface area contributed by atoms with E-state index in [1.165, 1.54) is 6.20 Å². The van der Waals surface area contributed by atoms with Crippen molar-refractivity contribution in [3.05, 3.63) is 41.9 Å². The summed E-state index contributed by atoms with van der Waals surface area (Å²) in [7, 11) is 0. The molecule has 0 unspecified atom stereocenters. The van der Waals surface area contributed by atoms with Crippen LogP contribution < -0.4 is 5.32 Å². The molecule has 6 heteroatoms. The Morgan fingerprint density at radius 3 is 2.68 bits per heavy atom. The van der Waals surface area contributed by atoms with Crippen LogP contribution in [0.2, 0.25) is 0 Å². The largest absolute Gasteiger partial charge is 0.359 e. The van der Waals surface area contributed by atoms with Crippen LogP contribution in [0.25, 0.3) is 11.5 Å². The van der Waals surface area contributed by atoms with Gasteiger partial charge < -0.3 is 9.84 Å². The van der Waals surface area contributed by atoms with Gasteiger partial charge >= 0.3 is 0 Å². The van der Waals surface area contributed by atoms with Gasteiger partial charge in [-0.2, -0.15) is 15.5 Å². The number of nitrogens with zero attached hydrogens (tertiary/aromatic N) is 4. The fourth-order valence-corrected chi connectivity index (χ4v) is 1.44. The molecule has 1 aromatic heterocycles. The smallest absolute Gasteiger partial charge is 0.260 e. The first-order valence-corrected chi connectivity index (χ1v) is 5.41. The summed E-state index contributed by atoms with van der Waals surface area (Å²) in [4.78, 5) is 4.14. The van der Waals surface area contributed by atoms with Crippen molar-refractivity contribution in [3.8, 4) is 23.6 Å². The van der Waals surface area contributed by atoms with Gasteiger partial charge in [0.05, 0.1) is 11.3 Å². The maximum absolute atomic E-state index is 8.67. The van der Waals surface area contributed by atoms with E-state index in [0.717, 1.165) is 0 Å². The molecule has 0 aliphatic heterocycles. The van der Waals surface area contributed by atoms with Gasteiger partial charge in [0.25, 0.3) is 5.89 Å². The van der Waals surface area contributed by atoms with Gasteiger partial charge in [0.2, 0.25) is 0 Å². The van der Waals surface area contributed by atoms with E-state index in [4.69, 9.17) is 15.0 Å². The zero-order chi connectivity index (χ0) is 13.7. The van der Waals surface area contributed by atoms with E-state index in [-0.39, 0.29) is 5.57 Å². The lowest BCUT2D eigenvalue weighted by molar-refractivity contribution is 0.426. The Hall–Kier alpha value is -3.12. The molecule has 0 radical (unpaired) electrons. The van der Waals surface area contributed by atoms with E-state index in [0.29, 0.717) is 23.0 Å². The summed E-state index contributed by atoms with van der Waals surface area (Å²) >= 11 is 0. The lowest BCUT2D eigenvalue weighted by Crippen LogP contribution is -1.93. The molecule has 0 saturated carbocycles. The number of nitrogens with one attached hydrogen (secondary N) is 1. The average Bonchev–Trinajstić information content (AvgIpc) is 2.87. The predicted octanol–water partition coefficient (Wildman–Crippen LogP) is 2.39. The second kappa shape index (κ2) is 5.48. The van der Waals surface area contributed by atoms with Crippen LogP contribution in [0.15, 0.2) is 40.6 Å². The summed E-state index contributed by atoms with van der Waals surface area (Å²) in [5.74, 6) is 0.916. The van der Waals surface area contributed by atoms with E-state index in [1.54, 1.807) is 25.1 Å². The van der Waals surface area contributed by atoms with Gasteiger partial charge in [0, 0.05) is 6.20 Å². The first kappa shape index (κ1) is 12.3. The third-order valence-electron chi connectivity index (χ3n) is 2.30. The summed E-state index contributed by atoms with van der Waals surface area (Å²) < 4.78 is 5.10. The Morgan fingerprint density at radius 2 is 2.05 bits per heavy atom. The molecule has 0 aliphatic carbocycles. The van der Waals surface area contributed by atoms with Crippen molar-refractivity contribution in [2.45, 2.75) is 6.92 Å². The third-order valence-corrected chi connectivity index (χ3v) is 2.30. The number of para-hydroxylation sites is 1. The molecule has 19 heavy (non-hydrogen) atoms. The monoisotopic (exact) mass is 251 g/mol. The fraction of sp³-hybridized carbons (Fsp3) is 0.0769. The number of nitriles is 2. The molecule has 0 aliphatic rings. The van der Waals surface area contributed by atoms with Crippen molar-refractivity contribution in [1.29, 1.82) is 10.5 Å². The van der Waals surface area contributed by atoms with E-state index in [1.807, 2.05) is 18.2 Å². The highest BCUT2D eigenvalue weighted by Crippen LogP contribution is 2.26. The van der Waals surface area contributed by atoms with Crippen molar-refractivity contribution in [1.82, 2.24) is 10.1 Å². The number of rotatable bonds is 3. The minimum atomic E-state index is -0.0171. The molecule has 0 spiro atoms. The highest BCUT2D eigenvalue weighted by molar-refractivity contribution is 5.73. The summed E-state index contributed by atoms with van der Waals surface area (Å²) in [6.45, 7) is 1.73. The molecule has 2 aromatic rings. The molecule has 92 valence electrons. The molecule has 0 atom stereocenters. The summed E-state index contributed by atoms with van der Waals surface area (Å²) in [5, 5.41) is 24.0. The first-order valence-electron chi connectivity index (χ1n) is 5.41. The summed E-state index contributed by atoms with van der Waals surface area (Å²) in [6, 6.07) is 10.8. The van der Waals surface area contributed by atoms with E-state index in [9.17, 15) is 0 Å². The van der Waals surface area contributed by atoms with Crippen molar-refractivity contribution in [2.75, 3.05) is 5.32 Å². The Morgan fingerprint density at radius 1 is 1.32 bits per heavy atom. The standard InChI is InChI=1S/C13H9N5O/c1-9-17-13(19-18-9)11-4-2-3-5-12(11)16-8-10(6-14)7-15/h2-5,8,16H,1H3. The zero-order valence-electron chi connectivity index (χ0n) is 10.1. The second-order valence-corrected chi connectivity index (χ2v) is 3.62. The van der Waals surface area contributed by atoms with Crippen LogP contribution in [0.5, 0.6) is 0 Å². The molecular weight excluding hydrogens is 242 g/mol. The number of hydrogen-bond acceptors (Lipinski definition) is 6. The van der Waals surface area contributed by atoms with Crippen LogP contribution in [0, 0.1) is 29.6 Å². The topological polar surface area (TPSA) is 98.5 Å². The minimum Gasteiger partial charge on any atom is -0.359 e. The lowest BCUT2D eigenvalue weighted by Gasteiger charge is -2.04.